The van der Waals surface area contributed by atoms with Gasteiger partial charge in [0.25, 0.3) is 0 Å². The Hall–Kier alpha value is -0.840. The van der Waals surface area contributed by atoms with Crippen LogP contribution in [0.15, 0.2) is 23.1 Å². The molecule has 0 aromatic heterocycles. The molecule has 1 N–H and O–H groups in total. The van der Waals surface area contributed by atoms with E-state index in [-0.39, 0.29) is 28.4 Å². The second kappa shape index (κ2) is 6.74. The molecule has 0 spiro atoms. The van der Waals surface area contributed by atoms with E-state index in [9.17, 15) is 8.42 Å². The van der Waals surface area contributed by atoms with Gasteiger partial charge in [0.05, 0.1) is 16.7 Å². The van der Waals surface area contributed by atoms with Crippen molar-refractivity contribution in [1.82, 2.24) is 9.62 Å². The molecule has 5 nitrogen and oxygen atoms in total. The molecule has 8 heteroatoms. The summed E-state index contributed by atoms with van der Waals surface area (Å²) in [6.07, 6.45) is 0. The van der Waals surface area contributed by atoms with E-state index < -0.39 is 10.0 Å². The average Bonchev–Trinajstić information content (AvgIpc) is 2.38. The molecule has 0 bridgehead atoms. The number of benzene rings is 1. The van der Waals surface area contributed by atoms with Gasteiger partial charge in [-0.25, -0.2) is 8.42 Å². The summed E-state index contributed by atoms with van der Waals surface area (Å²) in [5, 5.41) is 12.0. The summed E-state index contributed by atoms with van der Waals surface area (Å²) in [5.41, 5.74) is 0.345. The number of nitrogens with one attached hydrogen (secondary N) is 1. The van der Waals surface area contributed by atoms with Crippen LogP contribution in [0, 0.1) is 11.3 Å². The third-order valence-corrected chi connectivity index (χ3v) is 5.36. The van der Waals surface area contributed by atoms with E-state index in [4.69, 9.17) is 16.9 Å². The van der Waals surface area contributed by atoms with Crippen LogP contribution in [0.5, 0.6) is 0 Å². The molecule has 20 heavy (non-hydrogen) atoms. The molecule has 1 saturated heterocycles. The first-order valence-corrected chi connectivity index (χ1v) is 7.70. The second-order valence-electron chi connectivity index (χ2n) is 4.48. The van der Waals surface area contributed by atoms with Crippen molar-refractivity contribution in [3.63, 3.8) is 0 Å². The SMILES string of the molecule is C[C@H]1CN(S(=O)(=O)c2ccc(C#N)cc2Cl)CCN1.Cl. The van der Waals surface area contributed by atoms with E-state index in [1.807, 2.05) is 13.0 Å². The predicted molar refractivity (Wildman–Crippen MR) is 79.6 cm³/mol. The Morgan fingerprint density at radius 1 is 1.50 bits per heavy atom. The molecule has 1 fully saturated rings. The fraction of sp³-hybridized carbons (Fsp3) is 0.417. The van der Waals surface area contributed by atoms with Crippen LogP contribution >= 0.6 is 24.0 Å². The molecule has 0 radical (unpaired) electrons. The molecule has 1 heterocycles. The van der Waals surface area contributed by atoms with Crippen molar-refractivity contribution < 1.29 is 8.42 Å². The van der Waals surface area contributed by atoms with Gasteiger partial charge in [0.1, 0.15) is 4.90 Å². The number of piperazine rings is 1. The van der Waals surface area contributed by atoms with E-state index >= 15 is 0 Å². The van der Waals surface area contributed by atoms with Gasteiger partial charge >= 0.3 is 0 Å². The minimum absolute atomic E-state index is 0. The fourth-order valence-electron chi connectivity index (χ4n) is 2.03. The van der Waals surface area contributed by atoms with Crippen molar-refractivity contribution in [2.24, 2.45) is 0 Å². The van der Waals surface area contributed by atoms with Crippen molar-refractivity contribution in [3.8, 4) is 6.07 Å². The maximum Gasteiger partial charge on any atom is 0.244 e. The summed E-state index contributed by atoms with van der Waals surface area (Å²) in [6, 6.07) is 6.27. The van der Waals surface area contributed by atoms with E-state index in [2.05, 4.69) is 5.32 Å². The first-order valence-electron chi connectivity index (χ1n) is 5.88. The third-order valence-electron chi connectivity index (χ3n) is 3.01. The lowest BCUT2D eigenvalue weighted by Crippen LogP contribution is -2.51. The van der Waals surface area contributed by atoms with Gasteiger partial charge in [0.2, 0.25) is 10.0 Å². The fourth-order valence-corrected chi connectivity index (χ4v) is 4.08. The van der Waals surface area contributed by atoms with E-state index in [1.165, 1.54) is 22.5 Å². The summed E-state index contributed by atoms with van der Waals surface area (Å²) in [6.45, 7) is 3.39. The Labute approximate surface area is 130 Å². The highest BCUT2D eigenvalue weighted by Crippen LogP contribution is 2.26. The zero-order chi connectivity index (χ0) is 14.0. The first kappa shape index (κ1) is 17.2. The van der Waals surface area contributed by atoms with Gasteiger partial charge in [0.15, 0.2) is 0 Å². The van der Waals surface area contributed by atoms with Gasteiger partial charge < -0.3 is 5.32 Å². The molecule has 1 aromatic carbocycles. The second-order valence-corrected chi connectivity index (χ2v) is 6.79. The highest BCUT2D eigenvalue weighted by atomic mass is 35.5. The zero-order valence-corrected chi connectivity index (χ0v) is 13.2. The molecule has 1 aromatic rings. The summed E-state index contributed by atoms with van der Waals surface area (Å²) in [5.74, 6) is 0. The average molecular weight is 336 g/mol. The van der Waals surface area contributed by atoms with E-state index in [0.29, 0.717) is 25.2 Å². The minimum atomic E-state index is -3.60. The summed E-state index contributed by atoms with van der Waals surface area (Å²) >= 11 is 5.98. The number of nitrogens with zero attached hydrogens (tertiary/aromatic N) is 2. The number of nitriles is 1. The van der Waals surface area contributed by atoms with Crippen LogP contribution in [0.4, 0.5) is 0 Å². The van der Waals surface area contributed by atoms with Gasteiger partial charge in [-0.15, -0.1) is 12.4 Å². The van der Waals surface area contributed by atoms with Crippen molar-refractivity contribution in [1.29, 1.82) is 5.26 Å². The van der Waals surface area contributed by atoms with Crippen LogP contribution in [0.25, 0.3) is 0 Å². The lowest BCUT2D eigenvalue weighted by molar-refractivity contribution is 0.310. The van der Waals surface area contributed by atoms with Crippen molar-refractivity contribution in [2.45, 2.75) is 17.9 Å². The molecule has 0 saturated carbocycles. The summed E-state index contributed by atoms with van der Waals surface area (Å²) in [7, 11) is -3.60. The Bertz CT molecular complexity index is 628. The number of halogens is 2. The first-order chi connectivity index (χ1) is 8.95. The Morgan fingerprint density at radius 3 is 2.75 bits per heavy atom. The molecule has 110 valence electrons. The van der Waals surface area contributed by atoms with E-state index in [1.54, 1.807) is 0 Å². The maximum absolute atomic E-state index is 12.5. The smallest absolute Gasteiger partial charge is 0.244 e. The molecule has 0 unspecified atom stereocenters. The summed E-state index contributed by atoms with van der Waals surface area (Å²) in [4.78, 5) is 0.0577. The predicted octanol–water partition coefficient (Wildman–Crippen LogP) is 1.62. The molecule has 0 aliphatic carbocycles. The van der Waals surface area contributed by atoms with E-state index in [0.717, 1.165) is 0 Å². The topological polar surface area (TPSA) is 73.2 Å². The number of rotatable bonds is 2. The van der Waals surface area contributed by atoms with Crippen molar-refractivity contribution in [2.75, 3.05) is 19.6 Å². The Balaban J connectivity index is 0.00000200. The Morgan fingerprint density at radius 2 is 2.20 bits per heavy atom. The molecule has 0 amide bonds. The Kier molecular flexibility index (Phi) is 5.80. The van der Waals surface area contributed by atoms with Gasteiger partial charge in [-0.2, -0.15) is 9.57 Å². The number of hydrogen-bond donors (Lipinski definition) is 1. The van der Waals surface area contributed by atoms with Crippen molar-refractivity contribution >= 4 is 34.0 Å². The van der Waals surface area contributed by atoms with Crippen LogP contribution in [0.1, 0.15) is 12.5 Å². The van der Waals surface area contributed by atoms with Crippen LogP contribution < -0.4 is 5.32 Å². The van der Waals surface area contributed by atoms with Crippen LogP contribution in [0.3, 0.4) is 0 Å². The third kappa shape index (κ3) is 3.43. The quantitative estimate of drug-likeness (QED) is 0.891. The molecule has 2 rings (SSSR count). The monoisotopic (exact) mass is 335 g/mol. The lowest BCUT2D eigenvalue weighted by Gasteiger charge is -2.31. The molecular weight excluding hydrogens is 321 g/mol. The van der Waals surface area contributed by atoms with Gasteiger partial charge in [-0.1, -0.05) is 11.6 Å². The normalized spacial score (nSPS) is 19.9. The van der Waals surface area contributed by atoms with Gasteiger partial charge in [-0.05, 0) is 25.1 Å². The van der Waals surface area contributed by atoms with Crippen LogP contribution in [-0.2, 0) is 10.0 Å². The van der Waals surface area contributed by atoms with Crippen LogP contribution in [-0.4, -0.2) is 38.4 Å². The number of sulfonamides is 1. The highest BCUT2D eigenvalue weighted by Gasteiger charge is 2.30. The summed E-state index contributed by atoms with van der Waals surface area (Å²) < 4.78 is 26.4. The molecular formula is C12H15Cl2N3O2S. The van der Waals surface area contributed by atoms with Crippen LogP contribution in [0.2, 0.25) is 5.02 Å². The zero-order valence-electron chi connectivity index (χ0n) is 10.8. The maximum atomic E-state index is 12.5. The molecule has 1 aliphatic rings. The highest BCUT2D eigenvalue weighted by molar-refractivity contribution is 7.89. The largest absolute Gasteiger partial charge is 0.312 e. The molecule has 1 aliphatic heterocycles. The minimum Gasteiger partial charge on any atom is -0.312 e. The van der Waals surface area contributed by atoms with Crippen molar-refractivity contribution in [3.05, 3.63) is 28.8 Å². The van der Waals surface area contributed by atoms with Gasteiger partial charge in [-0.3, -0.25) is 0 Å². The molecule has 1 atom stereocenters. The number of hydrogen-bond acceptors (Lipinski definition) is 4. The standard InChI is InChI=1S/C12H14ClN3O2S.ClH/c1-9-8-16(5-4-15-9)19(17,18)12-3-2-10(7-14)6-11(12)13;/h2-3,6,9,15H,4-5,8H2,1H3;1H/t9-;/m0./s1. The lowest BCUT2D eigenvalue weighted by atomic mass is 10.2. The van der Waals surface area contributed by atoms with Gasteiger partial charge in [0, 0.05) is 25.7 Å².